The van der Waals surface area contributed by atoms with E-state index in [9.17, 15) is 13.0 Å². The van der Waals surface area contributed by atoms with Crippen LogP contribution in [0.15, 0.2) is 23.1 Å². The monoisotopic (exact) mass is 255 g/mol. The first-order valence-electron chi connectivity index (χ1n) is 5.64. The Morgan fingerprint density at radius 3 is 2.65 bits per heavy atom. The summed E-state index contributed by atoms with van der Waals surface area (Å²) in [5, 5.41) is 0. The van der Waals surface area contributed by atoms with Gasteiger partial charge in [-0.3, -0.25) is 4.55 Å². The molecule has 2 rings (SSSR count). The minimum atomic E-state index is -4.12. The van der Waals surface area contributed by atoms with Crippen LogP contribution in [0.2, 0.25) is 0 Å². The lowest BCUT2D eigenvalue weighted by Crippen LogP contribution is -2.14. The Labute approximate surface area is 102 Å². The highest BCUT2D eigenvalue weighted by Gasteiger charge is 2.26. The Morgan fingerprint density at radius 2 is 2.12 bits per heavy atom. The van der Waals surface area contributed by atoms with E-state index < -0.39 is 10.1 Å². The molecule has 0 spiro atoms. The highest BCUT2D eigenvalue weighted by molar-refractivity contribution is 7.85. The summed E-state index contributed by atoms with van der Waals surface area (Å²) in [6.45, 7) is 3.73. The Balaban J connectivity index is 2.48. The van der Waals surface area contributed by atoms with E-state index in [1.807, 2.05) is 20.0 Å². The van der Waals surface area contributed by atoms with Gasteiger partial charge in [-0.15, -0.1) is 0 Å². The van der Waals surface area contributed by atoms with E-state index in [2.05, 4.69) is 4.90 Å². The number of rotatable bonds is 2. The molecule has 1 saturated heterocycles. The van der Waals surface area contributed by atoms with Gasteiger partial charge in [0.1, 0.15) is 0 Å². The third-order valence-electron chi connectivity index (χ3n) is 3.27. The molecule has 0 aliphatic carbocycles. The number of likely N-dealkylation sites (tertiary alicyclic amines) is 1. The Hall–Kier alpha value is -0.910. The van der Waals surface area contributed by atoms with Gasteiger partial charge in [-0.1, -0.05) is 17.7 Å². The highest BCUT2D eigenvalue weighted by Crippen LogP contribution is 2.31. The summed E-state index contributed by atoms with van der Waals surface area (Å²) in [4.78, 5) is 2.23. The molecule has 4 nitrogen and oxygen atoms in total. The van der Waals surface area contributed by atoms with Crippen LogP contribution < -0.4 is 0 Å². The predicted molar refractivity (Wildman–Crippen MR) is 65.8 cm³/mol. The molecule has 0 aromatic heterocycles. The second-order valence-corrected chi connectivity index (χ2v) is 6.15. The quantitative estimate of drug-likeness (QED) is 0.817. The summed E-state index contributed by atoms with van der Waals surface area (Å²) in [5.74, 6) is 0.192. The molecule has 1 aliphatic heterocycles. The number of hydrogen-bond acceptors (Lipinski definition) is 3. The standard InChI is InChI=1S/C12H17NO3S/c1-9-3-4-12(17(14,15)16)11(7-9)10-5-6-13(2)8-10/h3-4,7,10H,5-6,8H2,1-2H3,(H,14,15,16). The maximum atomic E-state index is 11.3. The van der Waals surface area contributed by atoms with Crippen LogP contribution >= 0.6 is 0 Å². The first-order chi connectivity index (χ1) is 7.88. The van der Waals surface area contributed by atoms with Crippen molar-refractivity contribution in [1.29, 1.82) is 0 Å². The Kier molecular flexibility index (Phi) is 3.25. The molecule has 1 aliphatic rings. The lowest BCUT2D eigenvalue weighted by molar-refractivity contribution is 0.410. The summed E-state index contributed by atoms with van der Waals surface area (Å²) >= 11 is 0. The SMILES string of the molecule is Cc1ccc(S(=O)(=O)O)c(C2CCN(C)C2)c1. The predicted octanol–water partition coefficient (Wildman–Crippen LogP) is 1.66. The third kappa shape index (κ3) is 2.68. The van der Waals surface area contributed by atoms with Crippen molar-refractivity contribution in [2.24, 2.45) is 0 Å². The van der Waals surface area contributed by atoms with E-state index in [-0.39, 0.29) is 10.8 Å². The van der Waals surface area contributed by atoms with Crippen LogP contribution in [0, 0.1) is 6.92 Å². The van der Waals surface area contributed by atoms with Gasteiger partial charge in [-0.05, 0) is 44.5 Å². The maximum Gasteiger partial charge on any atom is 0.294 e. The molecular weight excluding hydrogens is 238 g/mol. The number of hydrogen-bond donors (Lipinski definition) is 1. The molecule has 0 bridgehead atoms. The minimum absolute atomic E-state index is 0.0587. The molecule has 5 heteroatoms. The van der Waals surface area contributed by atoms with Crippen molar-refractivity contribution in [3.8, 4) is 0 Å². The highest BCUT2D eigenvalue weighted by atomic mass is 32.2. The summed E-state index contributed by atoms with van der Waals surface area (Å²) in [6.07, 6.45) is 0.933. The average molecular weight is 255 g/mol. The van der Waals surface area contributed by atoms with Gasteiger partial charge in [0.2, 0.25) is 0 Å². The molecule has 94 valence electrons. The zero-order valence-corrected chi connectivity index (χ0v) is 10.9. The zero-order valence-electron chi connectivity index (χ0n) is 10.0. The lowest BCUT2D eigenvalue weighted by Gasteiger charge is -2.15. The van der Waals surface area contributed by atoms with Gasteiger partial charge in [0.05, 0.1) is 4.90 Å². The fourth-order valence-corrected chi connectivity index (χ4v) is 3.17. The third-order valence-corrected chi connectivity index (χ3v) is 4.20. The van der Waals surface area contributed by atoms with E-state index in [0.717, 1.165) is 30.6 Å². The van der Waals surface area contributed by atoms with Crippen LogP contribution in [-0.4, -0.2) is 38.0 Å². The van der Waals surface area contributed by atoms with E-state index in [1.54, 1.807) is 6.07 Å². The molecule has 1 aromatic carbocycles. The van der Waals surface area contributed by atoms with Crippen LogP contribution in [-0.2, 0) is 10.1 Å². The van der Waals surface area contributed by atoms with Crippen LogP contribution in [0.1, 0.15) is 23.5 Å². The van der Waals surface area contributed by atoms with Gasteiger partial charge in [-0.25, -0.2) is 0 Å². The molecular formula is C12H17NO3S. The van der Waals surface area contributed by atoms with Crippen LogP contribution in [0.5, 0.6) is 0 Å². The van der Waals surface area contributed by atoms with Crippen LogP contribution in [0.3, 0.4) is 0 Å². The van der Waals surface area contributed by atoms with Gasteiger partial charge in [0, 0.05) is 6.54 Å². The average Bonchev–Trinajstić information content (AvgIpc) is 2.62. The smallest absolute Gasteiger partial charge is 0.294 e. The molecule has 1 aromatic rings. The van der Waals surface area contributed by atoms with Crippen molar-refractivity contribution < 1.29 is 13.0 Å². The number of benzene rings is 1. The van der Waals surface area contributed by atoms with Gasteiger partial charge in [-0.2, -0.15) is 8.42 Å². The van der Waals surface area contributed by atoms with E-state index >= 15 is 0 Å². The fourth-order valence-electron chi connectivity index (χ4n) is 2.41. The largest absolute Gasteiger partial charge is 0.306 e. The fraction of sp³-hybridized carbons (Fsp3) is 0.500. The molecule has 1 heterocycles. The summed E-state index contributed by atoms with van der Waals surface area (Å²) in [6, 6.07) is 5.08. The van der Waals surface area contributed by atoms with E-state index in [1.165, 1.54) is 6.07 Å². The maximum absolute atomic E-state index is 11.3. The van der Waals surface area contributed by atoms with Crippen LogP contribution in [0.25, 0.3) is 0 Å². The van der Waals surface area contributed by atoms with Gasteiger partial charge in [0.15, 0.2) is 0 Å². The first kappa shape index (κ1) is 12.5. The molecule has 0 saturated carbocycles. The molecule has 0 amide bonds. The molecule has 0 radical (unpaired) electrons. The number of likely N-dealkylation sites (N-methyl/N-ethyl adjacent to an activating group) is 1. The van der Waals surface area contributed by atoms with Gasteiger partial charge in [0.25, 0.3) is 10.1 Å². The lowest BCUT2D eigenvalue weighted by atomic mass is 9.97. The second kappa shape index (κ2) is 4.40. The molecule has 1 atom stereocenters. The summed E-state index contributed by atoms with van der Waals surface area (Å²) in [7, 11) is -2.11. The summed E-state index contributed by atoms with van der Waals surface area (Å²) < 4.78 is 31.9. The zero-order chi connectivity index (χ0) is 12.6. The normalized spacial score (nSPS) is 21.9. The summed E-state index contributed by atoms with van der Waals surface area (Å²) in [5.41, 5.74) is 1.76. The molecule has 17 heavy (non-hydrogen) atoms. The Morgan fingerprint density at radius 1 is 1.41 bits per heavy atom. The van der Waals surface area contributed by atoms with E-state index in [0.29, 0.717) is 0 Å². The molecule has 1 fully saturated rings. The topological polar surface area (TPSA) is 57.6 Å². The second-order valence-electron chi connectivity index (χ2n) is 4.76. The van der Waals surface area contributed by atoms with Crippen molar-refractivity contribution in [2.45, 2.75) is 24.2 Å². The van der Waals surface area contributed by atoms with Crippen LogP contribution in [0.4, 0.5) is 0 Å². The van der Waals surface area contributed by atoms with Gasteiger partial charge < -0.3 is 4.90 Å². The number of aryl methyl sites for hydroxylation is 1. The van der Waals surface area contributed by atoms with Gasteiger partial charge >= 0.3 is 0 Å². The van der Waals surface area contributed by atoms with Crippen molar-refractivity contribution in [3.63, 3.8) is 0 Å². The van der Waals surface area contributed by atoms with Crippen molar-refractivity contribution in [2.75, 3.05) is 20.1 Å². The minimum Gasteiger partial charge on any atom is -0.306 e. The van der Waals surface area contributed by atoms with Crippen molar-refractivity contribution >= 4 is 10.1 Å². The van der Waals surface area contributed by atoms with E-state index in [4.69, 9.17) is 0 Å². The van der Waals surface area contributed by atoms with Crippen molar-refractivity contribution in [3.05, 3.63) is 29.3 Å². The molecule has 1 N–H and O–H groups in total. The number of nitrogens with zero attached hydrogens (tertiary/aromatic N) is 1. The first-order valence-corrected chi connectivity index (χ1v) is 7.08. The molecule has 1 unspecified atom stereocenters. The Bertz CT molecular complexity index is 525. The van der Waals surface area contributed by atoms with Crippen molar-refractivity contribution in [1.82, 2.24) is 4.90 Å².